The molecule has 0 bridgehead atoms. The molecular weight excluding hydrogens is 303 g/mol. The minimum Gasteiger partial charge on any atom is -0.468 e. The van der Waals surface area contributed by atoms with Gasteiger partial charge in [0.25, 0.3) is 5.91 Å². The maximum absolute atomic E-state index is 12.0. The average Bonchev–Trinajstić information content (AvgIpc) is 2.89. The van der Waals surface area contributed by atoms with Crippen LogP contribution in [0.2, 0.25) is 0 Å². The van der Waals surface area contributed by atoms with Crippen LogP contribution in [0.3, 0.4) is 0 Å². The molecule has 6 nitrogen and oxygen atoms in total. The number of pyridine rings is 1. The van der Waals surface area contributed by atoms with Gasteiger partial charge in [-0.1, -0.05) is 11.2 Å². The van der Waals surface area contributed by atoms with Gasteiger partial charge in [0, 0.05) is 24.9 Å². The molecule has 0 radical (unpaired) electrons. The summed E-state index contributed by atoms with van der Waals surface area (Å²) in [5.41, 5.74) is 1.18. The molecule has 2 rings (SSSR count). The molecular formula is C13H12F3N3O3. The number of carbonyl (C=O) groups excluding carboxylic acids is 1. The molecule has 0 aliphatic rings. The van der Waals surface area contributed by atoms with Crippen molar-refractivity contribution in [2.75, 3.05) is 6.61 Å². The first-order valence-corrected chi connectivity index (χ1v) is 6.19. The van der Waals surface area contributed by atoms with E-state index >= 15 is 0 Å². The molecule has 0 aliphatic carbocycles. The lowest BCUT2D eigenvalue weighted by Crippen LogP contribution is -2.22. The van der Waals surface area contributed by atoms with Gasteiger partial charge in [-0.3, -0.25) is 4.79 Å². The van der Waals surface area contributed by atoms with Crippen LogP contribution >= 0.6 is 0 Å². The molecule has 0 atom stereocenters. The van der Waals surface area contributed by atoms with E-state index in [0.717, 1.165) is 0 Å². The fourth-order valence-electron chi connectivity index (χ4n) is 1.50. The van der Waals surface area contributed by atoms with E-state index in [1.165, 1.54) is 24.4 Å². The molecule has 9 heteroatoms. The Morgan fingerprint density at radius 1 is 1.41 bits per heavy atom. The van der Waals surface area contributed by atoms with Gasteiger partial charge >= 0.3 is 6.18 Å². The van der Waals surface area contributed by atoms with E-state index in [2.05, 4.69) is 20.2 Å². The predicted octanol–water partition coefficient (Wildman–Crippen LogP) is 2.25. The van der Waals surface area contributed by atoms with Crippen molar-refractivity contribution >= 4 is 5.91 Å². The van der Waals surface area contributed by atoms with Crippen LogP contribution in [0.4, 0.5) is 13.2 Å². The number of nitrogens with one attached hydrogen (secondary N) is 1. The summed E-state index contributed by atoms with van der Waals surface area (Å²) in [5, 5.41) is 6.16. The van der Waals surface area contributed by atoms with Crippen molar-refractivity contribution in [1.82, 2.24) is 15.5 Å². The predicted molar refractivity (Wildman–Crippen MR) is 68.2 cm³/mol. The number of halogens is 3. The molecule has 118 valence electrons. The number of rotatable bonds is 5. The maximum Gasteiger partial charge on any atom is 0.422 e. The first-order valence-electron chi connectivity index (χ1n) is 6.19. The molecule has 0 spiro atoms. The molecule has 0 aliphatic heterocycles. The standard InChI is InChI=1S/C13H12F3N3O3/c1-8-4-10(22-19-8)12(20)18-6-9-2-3-11(17-5-9)21-7-13(14,15)16/h2-5H,6-7H2,1H3,(H,18,20). The molecule has 22 heavy (non-hydrogen) atoms. The second-order valence-corrected chi connectivity index (χ2v) is 4.42. The van der Waals surface area contributed by atoms with Gasteiger partial charge in [0.1, 0.15) is 0 Å². The summed E-state index contributed by atoms with van der Waals surface area (Å²) >= 11 is 0. The van der Waals surface area contributed by atoms with Crippen LogP contribution in [0.15, 0.2) is 28.9 Å². The van der Waals surface area contributed by atoms with E-state index in [0.29, 0.717) is 11.3 Å². The lowest BCUT2D eigenvalue weighted by Gasteiger charge is -2.08. The highest BCUT2D eigenvalue weighted by molar-refractivity contribution is 5.91. The van der Waals surface area contributed by atoms with Crippen LogP contribution in [0.25, 0.3) is 0 Å². The number of carbonyl (C=O) groups is 1. The summed E-state index contributed by atoms with van der Waals surface area (Å²) in [4.78, 5) is 15.4. The molecule has 1 N–H and O–H groups in total. The second kappa shape index (κ2) is 6.46. The number of nitrogens with zero attached hydrogens (tertiary/aromatic N) is 2. The second-order valence-electron chi connectivity index (χ2n) is 4.42. The number of hydrogen-bond acceptors (Lipinski definition) is 5. The lowest BCUT2D eigenvalue weighted by atomic mass is 10.3. The Morgan fingerprint density at radius 3 is 2.73 bits per heavy atom. The van der Waals surface area contributed by atoms with E-state index < -0.39 is 18.7 Å². The largest absolute Gasteiger partial charge is 0.468 e. The zero-order chi connectivity index (χ0) is 16.2. The third-order valence-electron chi connectivity index (χ3n) is 2.49. The normalized spacial score (nSPS) is 11.3. The van der Waals surface area contributed by atoms with Crippen LogP contribution in [0, 0.1) is 6.92 Å². The summed E-state index contributed by atoms with van der Waals surface area (Å²) in [6, 6.07) is 4.29. The quantitative estimate of drug-likeness (QED) is 0.915. The van der Waals surface area contributed by atoms with Crippen molar-refractivity contribution in [1.29, 1.82) is 0 Å². The van der Waals surface area contributed by atoms with Gasteiger partial charge in [-0.25, -0.2) is 4.98 Å². The van der Waals surface area contributed by atoms with Crippen molar-refractivity contribution in [2.24, 2.45) is 0 Å². The number of aromatic nitrogens is 2. The summed E-state index contributed by atoms with van der Waals surface area (Å²) < 4.78 is 45.2. The Morgan fingerprint density at radius 2 is 2.18 bits per heavy atom. The summed E-state index contributed by atoms with van der Waals surface area (Å²) in [5.74, 6) is -0.508. The minimum absolute atomic E-state index is 0.0792. The third-order valence-corrected chi connectivity index (χ3v) is 2.49. The Bertz CT molecular complexity index is 638. The number of alkyl halides is 3. The fraction of sp³-hybridized carbons (Fsp3) is 0.308. The molecule has 0 unspecified atom stereocenters. The van der Waals surface area contributed by atoms with E-state index in [1.54, 1.807) is 6.92 Å². The molecule has 2 aromatic heterocycles. The first-order chi connectivity index (χ1) is 10.3. The number of amides is 1. The van der Waals surface area contributed by atoms with Crippen molar-refractivity contribution in [3.05, 3.63) is 41.4 Å². The molecule has 0 fully saturated rings. The van der Waals surface area contributed by atoms with Crippen LogP contribution in [0.1, 0.15) is 21.8 Å². The van der Waals surface area contributed by atoms with Gasteiger partial charge < -0.3 is 14.6 Å². The summed E-state index contributed by atoms with van der Waals surface area (Å²) in [6.45, 7) is 0.427. The van der Waals surface area contributed by atoms with Crippen molar-refractivity contribution < 1.29 is 27.2 Å². The molecule has 2 aromatic rings. The van der Waals surface area contributed by atoms with Gasteiger partial charge in [0.2, 0.25) is 11.6 Å². The Hall–Kier alpha value is -2.58. The van der Waals surface area contributed by atoms with Crippen LogP contribution in [0.5, 0.6) is 5.88 Å². The van der Waals surface area contributed by atoms with Crippen molar-refractivity contribution in [3.8, 4) is 5.88 Å². The average molecular weight is 315 g/mol. The SMILES string of the molecule is Cc1cc(C(=O)NCc2ccc(OCC(F)(F)F)nc2)on1. The highest BCUT2D eigenvalue weighted by Crippen LogP contribution is 2.17. The molecule has 0 saturated carbocycles. The van der Waals surface area contributed by atoms with Gasteiger partial charge in [0.15, 0.2) is 6.61 Å². The van der Waals surface area contributed by atoms with Gasteiger partial charge in [0.05, 0.1) is 5.69 Å². The summed E-state index contributed by atoms with van der Waals surface area (Å²) in [6.07, 6.45) is -3.10. The number of hydrogen-bond donors (Lipinski definition) is 1. The molecule has 2 heterocycles. The smallest absolute Gasteiger partial charge is 0.422 e. The Balaban J connectivity index is 1.85. The van der Waals surface area contributed by atoms with E-state index in [9.17, 15) is 18.0 Å². The fourth-order valence-corrected chi connectivity index (χ4v) is 1.50. The molecule has 1 amide bonds. The number of ether oxygens (including phenoxy) is 1. The van der Waals surface area contributed by atoms with Gasteiger partial charge in [-0.2, -0.15) is 13.2 Å². The van der Waals surface area contributed by atoms with Gasteiger partial charge in [-0.05, 0) is 12.5 Å². The topological polar surface area (TPSA) is 77.2 Å². The molecule has 0 aromatic carbocycles. The number of aryl methyl sites for hydroxylation is 1. The van der Waals surface area contributed by atoms with Crippen LogP contribution in [-0.2, 0) is 6.54 Å². The molecule has 0 saturated heterocycles. The van der Waals surface area contributed by atoms with E-state index in [1.807, 2.05) is 0 Å². The lowest BCUT2D eigenvalue weighted by molar-refractivity contribution is -0.154. The van der Waals surface area contributed by atoms with E-state index in [4.69, 9.17) is 4.52 Å². The minimum atomic E-state index is -4.41. The Labute approximate surface area is 123 Å². The van der Waals surface area contributed by atoms with Gasteiger partial charge in [-0.15, -0.1) is 0 Å². The third kappa shape index (κ3) is 4.76. The monoisotopic (exact) mass is 315 g/mol. The van der Waals surface area contributed by atoms with Crippen molar-refractivity contribution in [2.45, 2.75) is 19.6 Å². The Kier molecular flexibility index (Phi) is 4.64. The van der Waals surface area contributed by atoms with Crippen LogP contribution in [-0.4, -0.2) is 28.8 Å². The maximum atomic E-state index is 12.0. The zero-order valence-electron chi connectivity index (χ0n) is 11.5. The first kappa shape index (κ1) is 15.8. The van der Waals surface area contributed by atoms with Crippen LogP contribution < -0.4 is 10.1 Å². The zero-order valence-corrected chi connectivity index (χ0v) is 11.5. The summed E-state index contributed by atoms with van der Waals surface area (Å²) in [7, 11) is 0. The highest BCUT2D eigenvalue weighted by Gasteiger charge is 2.28. The van der Waals surface area contributed by atoms with Crippen molar-refractivity contribution in [3.63, 3.8) is 0 Å². The van der Waals surface area contributed by atoms with E-state index in [-0.39, 0.29) is 18.2 Å². The highest BCUT2D eigenvalue weighted by atomic mass is 19.4.